The molecule has 0 aromatic heterocycles. The van der Waals surface area contributed by atoms with Gasteiger partial charge in [-0.2, -0.15) is 5.26 Å². The van der Waals surface area contributed by atoms with Crippen molar-refractivity contribution in [3.8, 4) is 6.07 Å². The Balaban J connectivity index is 2.91. The van der Waals surface area contributed by atoms with E-state index in [2.05, 4.69) is 4.74 Å². The van der Waals surface area contributed by atoms with Crippen LogP contribution in [0.5, 0.6) is 0 Å². The van der Waals surface area contributed by atoms with Crippen LogP contribution in [0.3, 0.4) is 0 Å². The summed E-state index contributed by atoms with van der Waals surface area (Å²) >= 11 is 5.79. The molecular weight excluding hydrogens is 258 g/mol. The van der Waals surface area contributed by atoms with Crippen LogP contribution in [-0.4, -0.2) is 28.9 Å². The van der Waals surface area contributed by atoms with Crippen LogP contribution in [0.4, 0.5) is 0 Å². The number of carbonyl (C=O) groups excluding carboxylic acids is 1. The zero-order valence-corrected chi connectivity index (χ0v) is 10.4. The lowest BCUT2D eigenvalue weighted by Gasteiger charge is -2.17. The van der Waals surface area contributed by atoms with Gasteiger partial charge in [-0.25, -0.2) is 4.79 Å². The highest BCUT2D eigenvalue weighted by Gasteiger charge is 2.27. The van der Waals surface area contributed by atoms with Gasteiger partial charge in [0.1, 0.15) is 12.2 Å². The minimum Gasteiger partial charge on any atom is -0.464 e. The summed E-state index contributed by atoms with van der Waals surface area (Å²) in [6.07, 6.45) is -3.14. The number of benzene rings is 1. The van der Waals surface area contributed by atoms with Gasteiger partial charge in [-0.05, 0) is 24.6 Å². The molecule has 6 heteroatoms. The molecule has 0 spiro atoms. The number of nitrogens with zero attached hydrogens (tertiary/aromatic N) is 1. The van der Waals surface area contributed by atoms with Crippen LogP contribution >= 0.6 is 11.6 Å². The van der Waals surface area contributed by atoms with Crippen molar-refractivity contribution in [2.45, 2.75) is 19.1 Å². The van der Waals surface area contributed by atoms with E-state index in [1.54, 1.807) is 6.92 Å². The molecule has 0 aliphatic carbocycles. The van der Waals surface area contributed by atoms with Gasteiger partial charge in [0.2, 0.25) is 0 Å². The monoisotopic (exact) mass is 269 g/mol. The van der Waals surface area contributed by atoms with Gasteiger partial charge in [0, 0.05) is 0 Å². The normalized spacial score (nSPS) is 13.5. The van der Waals surface area contributed by atoms with E-state index in [-0.39, 0.29) is 22.8 Å². The van der Waals surface area contributed by atoms with Gasteiger partial charge in [-0.15, -0.1) is 0 Å². The molecule has 18 heavy (non-hydrogen) atoms. The van der Waals surface area contributed by atoms with Crippen LogP contribution in [0, 0.1) is 11.3 Å². The van der Waals surface area contributed by atoms with Gasteiger partial charge in [-0.1, -0.05) is 17.7 Å². The largest absolute Gasteiger partial charge is 0.464 e. The molecule has 0 fully saturated rings. The van der Waals surface area contributed by atoms with E-state index in [0.29, 0.717) is 0 Å². The maximum Gasteiger partial charge on any atom is 0.338 e. The number of nitriles is 1. The smallest absolute Gasteiger partial charge is 0.338 e. The van der Waals surface area contributed by atoms with Gasteiger partial charge in [0.25, 0.3) is 0 Å². The fourth-order valence-corrected chi connectivity index (χ4v) is 1.58. The number of ether oxygens (including phenoxy) is 1. The van der Waals surface area contributed by atoms with Gasteiger partial charge in [0.15, 0.2) is 6.10 Å². The summed E-state index contributed by atoms with van der Waals surface area (Å²) in [5.74, 6) is -0.912. The molecule has 0 heterocycles. The number of hydrogen-bond donors (Lipinski definition) is 2. The average Bonchev–Trinajstić information content (AvgIpc) is 2.37. The van der Waals surface area contributed by atoms with Gasteiger partial charge in [-0.3, -0.25) is 0 Å². The van der Waals surface area contributed by atoms with E-state index in [9.17, 15) is 15.0 Å². The van der Waals surface area contributed by atoms with Gasteiger partial charge >= 0.3 is 5.97 Å². The Morgan fingerprint density at radius 2 is 2.22 bits per heavy atom. The zero-order chi connectivity index (χ0) is 13.7. The molecule has 0 bridgehead atoms. The Bertz CT molecular complexity index is 483. The van der Waals surface area contributed by atoms with Crippen LogP contribution < -0.4 is 0 Å². The molecule has 0 aliphatic rings. The van der Waals surface area contributed by atoms with Crippen LogP contribution in [0.2, 0.25) is 5.02 Å². The third-order valence-electron chi connectivity index (χ3n) is 2.28. The quantitative estimate of drug-likeness (QED) is 0.801. The molecular formula is C12H12ClNO4. The fourth-order valence-electron chi connectivity index (χ4n) is 1.34. The van der Waals surface area contributed by atoms with E-state index < -0.39 is 18.2 Å². The van der Waals surface area contributed by atoms with E-state index in [1.807, 2.05) is 6.07 Å². The number of aliphatic hydroxyl groups excluding tert-OH is 2. The van der Waals surface area contributed by atoms with Crippen LogP contribution in [-0.2, 0) is 9.53 Å². The molecule has 1 rings (SSSR count). The maximum atomic E-state index is 11.2. The lowest BCUT2D eigenvalue weighted by molar-refractivity contribution is -0.159. The second kappa shape index (κ2) is 6.36. The van der Waals surface area contributed by atoms with Crippen molar-refractivity contribution in [2.24, 2.45) is 0 Å². The lowest BCUT2D eigenvalue weighted by Crippen LogP contribution is -2.29. The van der Waals surface area contributed by atoms with Crippen LogP contribution in [0.1, 0.15) is 24.2 Å². The molecule has 2 N–H and O–H groups in total. The first-order valence-corrected chi connectivity index (χ1v) is 5.61. The fraction of sp³-hybridized carbons (Fsp3) is 0.333. The van der Waals surface area contributed by atoms with Crippen molar-refractivity contribution in [3.05, 3.63) is 34.3 Å². The molecule has 0 saturated heterocycles. The van der Waals surface area contributed by atoms with Crippen LogP contribution in [0.25, 0.3) is 0 Å². The Morgan fingerprint density at radius 1 is 1.56 bits per heavy atom. The zero-order valence-electron chi connectivity index (χ0n) is 9.63. The first-order valence-electron chi connectivity index (χ1n) is 5.23. The Labute approximate surface area is 109 Å². The highest BCUT2D eigenvalue weighted by Crippen LogP contribution is 2.24. The summed E-state index contributed by atoms with van der Waals surface area (Å²) < 4.78 is 4.59. The number of aliphatic hydroxyl groups is 2. The molecule has 0 saturated carbocycles. The minimum absolute atomic E-state index is 0.108. The predicted molar refractivity (Wildman–Crippen MR) is 63.8 cm³/mol. The Morgan fingerprint density at radius 3 is 2.72 bits per heavy atom. The number of halogens is 1. The molecule has 0 radical (unpaired) electrons. The van der Waals surface area contributed by atoms with Crippen molar-refractivity contribution in [2.75, 3.05) is 6.61 Å². The molecule has 1 aromatic carbocycles. The highest BCUT2D eigenvalue weighted by molar-refractivity contribution is 6.31. The maximum absolute atomic E-state index is 11.2. The molecule has 5 nitrogen and oxygen atoms in total. The van der Waals surface area contributed by atoms with Crippen molar-refractivity contribution in [1.82, 2.24) is 0 Å². The van der Waals surface area contributed by atoms with E-state index in [1.165, 1.54) is 18.2 Å². The molecule has 96 valence electrons. The van der Waals surface area contributed by atoms with Gasteiger partial charge < -0.3 is 14.9 Å². The minimum atomic E-state index is -1.69. The van der Waals surface area contributed by atoms with E-state index >= 15 is 0 Å². The number of carbonyl (C=O) groups is 1. The molecule has 1 aromatic rings. The summed E-state index contributed by atoms with van der Waals surface area (Å²) in [5.41, 5.74) is 0.484. The first kappa shape index (κ1) is 14.5. The van der Waals surface area contributed by atoms with Gasteiger partial charge in [0.05, 0.1) is 17.2 Å². The third-order valence-corrected chi connectivity index (χ3v) is 2.59. The summed E-state index contributed by atoms with van der Waals surface area (Å²) in [4.78, 5) is 11.2. The van der Waals surface area contributed by atoms with Crippen molar-refractivity contribution < 1.29 is 19.7 Å². The standard InChI is InChI=1S/C12H12ClNO4/c1-2-18-12(17)11(16)10(15)7-3-4-8(6-14)9(13)5-7/h3-5,10-11,15-16H,2H2,1H3. The van der Waals surface area contributed by atoms with Crippen LogP contribution in [0.15, 0.2) is 18.2 Å². The van der Waals surface area contributed by atoms with E-state index in [4.69, 9.17) is 16.9 Å². The molecule has 2 unspecified atom stereocenters. The summed E-state index contributed by atoms with van der Waals surface area (Å²) in [6, 6.07) is 6.01. The van der Waals surface area contributed by atoms with Crippen molar-refractivity contribution in [3.63, 3.8) is 0 Å². The third kappa shape index (κ3) is 3.20. The topological polar surface area (TPSA) is 90.6 Å². The SMILES string of the molecule is CCOC(=O)C(O)C(O)c1ccc(C#N)c(Cl)c1. The Hall–Kier alpha value is -1.61. The first-order chi connectivity index (χ1) is 8.51. The number of hydrogen-bond acceptors (Lipinski definition) is 5. The predicted octanol–water partition coefficient (Wildman–Crippen LogP) is 1.17. The highest BCUT2D eigenvalue weighted by atomic mass is 35.5. The Kier molecular flexibility index (Phi) is 5.10. The lowest BCUT2D eigenvalue weighted by atomic mass is 10.0. The van der Waals surface area contributed by atoms with E-state index in [0.717, 1.165) is 0 Å². The second-order valence-corrected chi connectivity index (χ2v) is 3.90. The van der Waals surface area contributed by atoms with Crippen molar-refractivity contribution in [1.29, 1.82) is 5.26 Å². The van der Waals surface area contributed by atoms with Crippen molar-refractivity contribution >= 4 is 17.6 Å². The summed E-state index contributed by atoms with van der Waals surface area (Å²) in [7, 11) is 0. The molecule has 0 amide bonds. The number of rotatable bonds is 4. The summed E-state index contributed by atoms with van der Waals surface area (Å²) in [6.45, 7) is 1.70. The number of esters is 1. The molecule has 0 aliphatic heterocycles. The second-order valence-electron chi connectivity index (χ2n) is 3.49. The average molecular weight is 270 g/mol. The summed E-state index contributed by atoms with van der Waals surface area (Å²) in [5, 5.41) is 28.2. The molecule has 2 atom stereocenters.